The second-order valence-electron chi connectivity index (χ2n) is 7.69. The SMILES string of the molecule is CC(=O)CN1CCCN(CC(=O)O)CCN(CC(=O)O)CCCN(CC(=O)O)CC1. The molecule has 0 unspecified atom stereocenters. The van der Waals surface area contributed by atoms with Crippen LogP contribution in [0.25, 0.3) is 0 Å². The van der Waals surface area contributed by atoms with E-state index in [1.165, 1.54) is 6.92 Å². The van der Waals surface area contributed by atoms with Gasteiger partial charge in [0.25, 0.3) is 0 Å². The number of carboxylic acids is 3. The lowest BCUT2D eigenvalue weighted by Crippen LogP contribution is -2.44. The van der Waals surface area contributed by atoms with E-state index in [9.17, 15) is 19.2 Å². The fourth-order valence-electron chi connectivity index (χ4n) is 3.57. The third kappa shape index (κ3) is 12.5. The summed E-state index contributed by atoms with van der Waals surface area (Å²) in [5.74, 6) is -2.80. The zero-order chi connectivity index (χ0) is 22.5. The Kier molecular flexibility index (Phi) is 12.1. The highest BCUT2D eigenvalue weighted by Gasteiger charge is 2.18. The summed E-state index contributed by atoms with van der Waals surface area (Å²) in [7, 11) is 0. The molecule has 0 aromatic rings. The Bertz CT molecular complexity index is 489. The first-order valence-electron chi connectivity index (χ1n) is 10.2. The van der Waals surface area contributed by atoms with Crippen LogP contribution in [0.2, 0.25) is 0 Å². The number of Topliss-reactive ketones (excluding diaryl/α,β-unsaturated/α-hetero) is 1. The second kappa shape index (κ2) is 14.0. The maximum absolute atomic E-state index is 11.6. The molecule has 0 radical (unpaired) electrons. The van der Waals surface area contributed by atoms with Crippen molar-refractivity contribution in [3.05, 3.63) is 0 Å². The molecular formula is C19H34N4O7. The number of hydrogen-bond acceptors (Lipinski definition) is 8. The Balaban J connectivity index is 2.87. The maximum Gasteiger partial charge on any atom is 0.317 e. The van der Waals surface area contributed by atoms with Crippen molar-refractivity contribution in [3.63, 3.8) is 0 Å². The molecule has 3 N–H and O–H groups in total. The minimum atomic E-state index is -0.955. The molecule has 11 heteroatoms. The monoisotopic (exact) mass is 430 g/mol. The number of rotatable bonds is 8. The smallest absolute Gasteiger partial charge is 0.317 e. The Morgan fingerprint density at radius 1 is 0.533 bits per heavy atom. The number of carbonyl (C=O) groups excluding carboxylic acids is 1. The Morgan fingerprint density at radius 2 is 0.800 bits per heavy atom. The van der Waals surface area contributed by atoms with Gasteiger partial charge in [-0.25, -0.2) is 0 Å². The van der Waals surface area contributed by atoms with Crippen LogP contribution in [-0.2, 0) is 19.2 Å². The van der Waals surface area contributed by atoms with Crippen LogP contribution in [0.1, 0.15) is 19.8 Å². The molecule has 0 spiro atoms. The number of ketones is 1. The highest BCUT2D eigenvalue weighted by molar-refractivity contribution is 5.77. The van der Waals surface area contributed by atoms with Crippen LogP contribution in [0, 0.1) is 0 Å². The highest BCUT2D eigenvalue weighted by atomic mass is 16.4. The number of nitrogens with zero attached hydrogens (tertiary/aromatic N) is 4. The highest BCUT2D eigenvalue weighted by Crippen LogP contribution is 2.03. The van der Waals surface area contributed by atoms with Gasteiger partial charge in [0.2, 0.25) is 0 Å². The van der Waals surface area contributed by atoms with Crippen LogP contribution in [0.4, 0.5) is 0 Å². The van der Waals surface area contributed by atoms with Crippen molar-refractivity contribution in [2.24, 2.45) is 0 Å². The Morgan fingerprint density at radius 3 is 1.03 bits per heavy atom. The van der Waals surface area contributed by atoms with E-state index in [-0.39, 0.29) is 32.0 Å². The van der Waals surface area contributed by atoms with Crippen molar-refractivity contribution < 1.29 is 34.5 Å². The lowest BCUT2D eigenvalue weighted by Gasteiger charge is -2.30. The standard InChI is InChI=1S/C19H34N4O7/c1-16(24)12-20-4-2-5-22(14-18(27)28)10-11-23(15-19(29)30)7-3-6-21(9-8-20)13-17(25)26/h2-15H2,1H3,(H,25,26)(H,27,28)(H,29,30). The largest absolute Gasteiger partial charge is 0.480 e. The van der Waals surface area contributed by atoms with E-state index in [2.05, 4.69) is 0 Å². The molecule has 0 atom stereocenters. The molecule has 1 aliphatic rings. The number of carboxylic acid groups (broad SMARTS) is 3. The van der Waals surface area contributed by atoms with Crippen molar-refractivity contribution in [2.75, 3.05) is 78.5 Å². The summed E-state index contributed by atoms with van der Waals surface area (Å²) in [5, 5.41) is 27.5. The van der Waals surface area contributed by atoms with Crippen LogP contribution >= 0.6 is 0 Å². The first kappa shape index (κ1) is 26.0. The van der Waals surface area contributed by atoms with Crippen molar-refractivity contribution in [3.8, 4) is 0 Å². The quantitative estimate of drug-likeness (QED) is 0.429. The lowest BCUT2D eigenvalue weighted by molar-refractivity contribution is -0.140. The van der Waals surface area contributed by atoms with Crippen LogP contribution in [-0.4, -0.2) is 137 Å². The van der Waals surface area contributed by atoms with Gasteiger partial charge in [-0.15, -0.1) is 0 Å². The van der Waals surface area contributed by atoms with Gasteiger partial charge in [0, 0.05) is 45.8 Å². The first-order chi connectivity index (χ1) is 14.2. The molecule has 0 aromatic heterocycles. The summed E-state index contributed by atoms with van der Waals surface area (Å²) in [6.07, 6.45) is 1.24. The van der Waals surface area contributed by atoms with E-state index in [0.29, 0.717) is 65.2 Å². The summed E-state index contributed by atoms with van der Waals surface area (Å²) in [6.45, 7) is 5.32. The van der Waals surface area contributed by atoms with Gasteiger partial charge in [0.1, 0.15) is 5.78 Å². The van der Waals surface area contributed by atoms with Gasteiger partial charge in [0.05, 0.1) is 26.2 Å². The normalized spacial score (nSPS) is 19.8. The molecular weight excluding hydrogens is 396 g/mol. The molecule has 30 heavy (non-hydrogen) atoms. The molecule has 0 amide bonds. The van der Waals surface area contributed by atoms with Gasteiger partial charge >= 0.3 is 17.9 Å². The average Bonchev–Trinajstić information content (AvgIpc) is 2.60. The van der Waals surface area contributed by atoms with Crippen LogP contribution < -0.4 is 0 Å². The molecule has 1 heterocycles. The van der Waals surface area contributed by atoms with Gasteiger partial charge in [-0.05, 0) is 26.3 Å². The topological polar surface area (TPSA) is 142 Å². The van der Waals surface area contributed by atoms with Crippen LogP contribution in [0.3, 0.4) is 0 Å². The molecule has 1 fully saturated rings. The van der Waals surface area contributed by atoms with Crippen molar-refractivity contribution in [2.45, 2.75) is 19.8 Å². The number of carbonyl (C=O) groups is 4. The van der Waals surface area contributed by atoms with E-state index in [0.717, 1.165) is 0 Å². The lowest BCUT2D eigenvalue weighted by atomic mass is 10.2. The average molecular weight is 431 g/mol. The van der Waals surface area contributed by atoms with E-state index in [1.54, 1.807) is 14.7 Å². The van der Waals surface area contributed by atoms with E-state index in [4.69, 9.17) is 15.3 Å². The molecule has 0 bridgehead atoms. The molecule has 1 saturated heterocycles. The Labute approximate surface area is 176 Å². The summed E-state index contributed by atoms with van der Waals surface area (Å²) >= 11 is 0. The molecule has 1 rings (SSSR count). The van der Waals surface area contributed by atoms with Gasteiger partial charge in [-0.3, -0.25) is 38.8 Å². The minimum Gasteiger partial charge on any atom is -0.480 e. The molecule has 0 aliphatic carbocycles. The minimum absolute atomic E-state index is 0.0209. The third-order valence-corrected chi connectivity index (χ3v) is 4.89. The molecule has 0 saturated carbocycles. The maximum atomic E-state index is 11.6. The van der Waals surface area contributed by atoms with E-state index >= 15 is 0 Å². The number of hydrogen-bond donors (Lipinski definition) is 3. The van der Waals surface area contributed by atoms with Crippen molar-refractivity contribution in [1.29, 1.82) is 0 Å². The fourth-order valence-corrected chi connectivity index (χ4v) is 3.57. The molecule has 172 valence electrons. The van der Waals surface area contributed by atoms with E-state index < -0.39 is 17.9 Å². The second-order valence-corrected chi connectivity index (χ2v) is 7.69. The summed E-state index contributed by atoms with van der Waals surface area (Å²) in [4.78, 5) is 52.4. The zero-order valence-electron chi connectivity index (χ0n) is 17.7. The van der Waals surface area contributed by atoms with Gasteiger partial charge in [-0.2, -0.15) is 0 Å². The summed E-state index contributed by atoms with van der Waals surface area (Å²) in [5.41, 5.74) is 0. The van der Waals surface area contributed by atoms with Crippen LogP contribution in [0.15, 0.2) is 0 Å². The van der Waals surface area contributed by atoms with E-state index in [1.807, 2.05) is 4.90 Å². The predicted octanol–water partition coefficient (Wildman–Crippen LogP) is -1.17. The summed E-state index contributed by atoms with van der Waals surface area (Å²) in [6, 6.07) is 0. The van der Waals surface area contributed by atoms with Crippen molar-refractivity contribution >= 4 is 23.7 Å². The van der Waals surface area contributed by atoms with Crippen molar-refractivity contribution in [1.82, 2.24) is 19.6 Å². The molecule has 1 aliphatic heterocycles. The fraction of sp³-hybridized carbons (Fsp3) is 0.789. The molecule has 0 aromatic carbocycles. The van der Waals surface area contributed by atoms with Gasteiger partial charge in [-0.1, -0.05) is 0 Å². The van der Waals surface area contributed by atoms with Gasteiger partial charge < -0.3 is 15.3 Å². The first-order valence-corrected chi connectivity index (χ1v) is 10.2. The third-order valence-electron chi connectivity index (χ3n) is 4.89. The molecule has 11 nitrogen and oxygen atoms in total. The number of aliphatic carboxylic acids is 3. The van der Waals surface area contributed by atoms with Gasteiger partial charge in [0.15, 0.2) is 0 Å². The predicted molar refractivity (Wildman–Crippen MR) is 109 cm³/mol. The summed E-state index contributed by atoms with van der Waals surface area (Å²) < 4.78 is 0. The zero-order valence-corrected chi connectivity index (χ0v) is 17.7. The van der Waals surface area contributed by atoms with Crippen LogP contribution in [0.5, 0.6) is 0 Å². The Hall–Kier alpha value is -2.08.